The number of nitrogens with one attached hydrogen (secondary N) is 1. The van der Waals surface area contributed by atoms with Crippen LogP contribution in [0.4, 0.5) is 5.13 Å². The number of benzene rings is 2. The number of carbonyl (C=O) groups excluding carboxylic acids is 1. The van der Waals surface area contributed by atoms with Crippen molar-refractivity contribution in [3.63, 3.8) is 0 Å². The fraction of sp³-hybridized carbons (Fsp3) is 0.154. The van der Waals surface area contributed by atoms with Crippen LogP contribution in [0.1, 0.15) is 27.4 Å². The largest absolute Gasteiger partial charge is 0.486 e. The maximum Gasteiger partial charge on any atom is 0.268 e. The van der Waals surface area contributed by atoms with Gasteiger partial charge in [0, 0.05) is 17.6 Å². The third-order valence-electron chi connectivity index (χ3n) is 5.34. The molecule has 4 aromatic rings. The van der Waals surface area contributed by atoms with Gasteiger partial charge in [-0.25, -0.2) is 0 Å². The molecule has 0 aliphatic carbocycles. The SMILES string of the molecule is Cc1ccc(-n2cccc2/C=C(/C#N)C(=O)Nc2nnc(COc3ccccc3C)s2)cc1C. The van der Waals surface area contributed by atoms with Crippen LogP contribution in [0, 0.1) is 32.1 Å². The number of carbonyl (C=O) groups is 1. The summed E-state index contributed by atoms with van der Waals surface area (Å²) in [5.74, 6) is 0.225. The topological polar surface area (TPSA) is 92.8 Å². The Kier molecular flexibility index (Phi) is 6.85. The van der Waals surface area contributed by atoms with Crippen LogP contribution in [0.5, 0.6) is 5.75 Å². The van der Waals surface area contributed by atoms with Crippen molar-refractivity contribution < 1.29 is 9.53 Å². The first-order chi connectivity index (χ1) is 16.4. The van der Waals surface area contributed by atoms with E-state index < -0.39 is 5.91 Å². The van der Waals surface area contributed by atoms with Crippen LogP contribution in [0.2, 0.25) is 0 Å². The zero-order chi connectivity index (χ0) is 24.1. The normalized spacial score (nSPS) is 11.2. The van der Waals surface area contributed by atoms with E-state index in [1.807, 2.05) is 79.2 Å². The molecule has 0 spiro atoms. The number of hydrogen-bond acceptors (Lipinski definition) is 6. The van der Waals surface area contributed by atoms with Crippen LogP contribution in [-0.2, 0) is 11.4 Å². The highest BCUT2D eigenvalue weighted by atomic mass is 32.1. The van der Waals surface area contributed by atoms with Crippen LogP contribution in [0.15, 0.2) is 66.4 Å². The smallest absolute Gasteiger partial charge is 0.268 e. The van der Waals surface area contributed by atoms with Gasteiger partial charge in [0.1, 0.15) is 24.0 Å². The number of nitrogens with zero attached hydrogens (tertiary/aromatic N) is 4. The lowest BCUT2D eigenvalue weighted by atomic mass is 10.1. The summed E-state index contributed by atoms with van der Waals surface area (Å²) in [7, 11) is 0. The number of rotatable bonds is 7. The summed E-state index contributed by atoms with van der Waals surface area (Å²) in [6.45, 7) is 6.31. The minimum absolute atomic E-state index is 0.0308. The number of aryl methyl sites for hydroxylation is 3. The molecule has 0 aliphatic rings. The standard InChI is InChI=1S/C26H23N5O2S/c1-17-10-11-22(13-19(17)3)31-12-6-8-21(31)14-20(15-27)25(32)28-26-30-29-24(34-26)16-33-23-9-5-4-7-18(23)2/h4-14H,16H2,1-3H3,(H,28,30,32)/b20-14-. The number of anilines is 1. The summed E-state index contributed by atoms with van der Waals surface area (Å²) < 4.78 is 7.71. The highest BCUT2D eigenvalue weighted by molar-refractivity contribution is 7.15. The molecule has 34 heavy (non-hydrogen) atoms. The summed E-state index contributed by atoms with van der Waals surface area (Å²) >= 11 is 1.20. The summed E-state index contributed by atoms with van der Waals surface area (Å²) in [6, 6.07) is 19.5. The lowest BCUT2D eigenvalue weighted by Gasteiger charge is -2.09. The molecule has 1 amide bonds. The first-order valence-electron chi connectivity index (χ1n) is 10.6. The van der Waals surface area contributed by atoms with Gasteiger partial charge in [-0.15, -0.1) is 10.2 Å². The molecule has 2 aromatic carbocycles. The average Bonchev–Trinajstić information content (AvgIpc) is 3.48. The second-order valence-electron chi connectivity index (χ2n) is 7.75. The maximum absolute atomic E-state index is 12.7. The molecule has 170 valence electrons. The summed E-state index contributed by atoms with van der Waals surface area (Å²) in [6.07, 6.45) is 3.46. The van der Waals surface area contributed by atoms with Gasteiger partial charge in [0.2, 0.25) is 5.13 Å². The fourth-order valence-electron chi connectivity index (χ4n) is 3.30. The van der Waals surface area contributed by atoms with Gasteiger partial charge in [0.05, 0.1) is 0 Å². The van der Waals surface area contributed by atoms with E-state index in [-0.39, 0.29) is 12.2 Å². The van der Waals surface area contributed by atoms with E-state index in [4.69, 9.17) is 4.74 Å². The highest BCUT2D eigenvalue weighted by Gasteiger charge is 2.14. The Morgan fingerprint density at radius 1 is 1.09 bits per heavy atom. The van der Waals surface area contributed by atoms with Gasteiger partial charge in [-0.1, -0.05) is 35.6 Å². The van der Waals surface area contributed by atoms with Crippen molar-refractivity contribution in [3.8, 4) is 17.5 Å². The lowest BCUT2D eigenvalue weighted by molar-refractivity contribution is -0.112. The van der Waals surface area contributed by atoms with Crippen molar-refractivity contribution in [2.24, 2.45) is 0 Å². The molecule has 2 aromatic heterocycles. The molecule has 8 heteroatoms. The van der Waals surface area contributed by atoms with Crippen molar-refractivity contribution in [2.45, 2.75) is 27.4 Å². The van der Waals surface area contributed by atoms with E-state index in [1.165, 1.54) is 16.9 Å². The number of para-hydroxylation sites is 1. The molecule has 2 heterocycles. The lowest BCUT2D eigenvalue weighted by Crippen LogP contribution is -2.13. The number of hydrogen-bond donors (Lipinski definition) is 1. The Hall–Kier alpha value is -4.22. The molecule has 7 nitrogen and oxygen atoms in total. The molecule has 0 saturated carbocycles. The zero-order valence-electron chi connectivity index (χ0n) is 19.1. The Morgan fingerprint density at radius 2 is 1.91 bits per heavy atom. The van der Waals surface area contributed by atoms with Gasteiger partial charge in [-0.3, -0.25) is 10.1 Å². The van der Waals surface area contributed by atoms with E-state index in [0.717, 1.165) is 28.3 Å². The van der Waals surface area contributed by atoms with E-state index in [0.29, 0.717) is 10.1 Å². The Labute approximate surface area is 202 Å². The van der Waals surface area contributed by atoms with Crippen molar-refractivity contribution in [1.82, 2.24) is 14.8 Å². The van der Waals surface area contributed by atoms with E-state index in [1.54, 1.807) is 6.08 Å². The second kappa shape index (κ2) is 10.1. The zero-order valence-corrected chi connectivity index (χ0v) is 19.9. The van der Waals surface area contributed by atoms with Crippen molar-refractivity contribution >= 4 is 28.5 Å². The average molecular weight is 470 g/mol. The third kappa shape index (κ3) is 5.22. The maximum atomic E-state index is 12.7. The fourth-order valence-corrected chi connectivity index (χ4v) is 3.95. The minimum atomic E-state index is -0.544. The molecule has 0 unspecified atom stereocenters. The Bertz CT molecular complexity index is 1410. The van der Waals surface area contributed by atoms with Gasteiger partial charge >= 0.3 is 0 Å². The molecular weight excluding hydrogens is 446 g/mol. The van der Waals surface area contributed by atoms with Gasteiger partial charge in [0.25, 0.3) is 5.91 Å². The summed E-state index contributed by atoms with van der Waals surface area (Å²) in [5.41, 5.74) is 5.04. The summed E-state index contributed by atoms with van der Waals surface area (Å²) in [5, 5.41) is 21.3. The van der Waals surface area contributed by atoms with Crippen LogP contribution in [0.25, 0.3) is 11.8 Å². The monoisotopic (exact) mass is 469 g/mol. The van der Waals surface area contributed by atoms with Crippen LogP contribution in [0.3, 0.4) is 0 Å². The molecular formula is C26H23N5O2S. The predicted octanol–water partition coefficient (Wildman–Crippen LogP) is 5.38. The third-order valence-corrected chi connectivity index (χ3v) is 6.15. The highest BCUT2D eigenvalue weighted by Crippen LogP contribution is 2.22. The Balaban J connectivity index is 1.46. The van der Waals surface area contributed by atoms with E-state index >= 15 is 0 Å². The Morgan fingerprint density at radius 3 is 2.68 bits per heavy atom. The van der Waals surface area contributed by atoms with E-state index in [9.17, 15) is 10.1 Å². The number of aromatic nitrogens is 3. The minimum Gasteiger partial charge on any atom is -0.486 e. The van der Waals surface area contributed by atoms with Gasteiger partial charge < -0.3 is 9.30 Å². The number of ether oxygens (including phenoxy) is 1. The van der Waals surface area contributed by atoms with Crippen LogP contribution in [-0.4, -0.2) is 20.7 Å². The van der Waals surface area contributed by atoms with Gasteiger partial charge in [-0.05, 0) is 73.9 Å². The molecule has 4 rings (SSSR count). The van der Waals surface area contributed by atoms with Crippen LogP contribution >= 0.6 is 11.3 Å². The molecule has 1 N–H and O–H groups in total. The predicted molar refractivity (Wildman–Crippen MR) is 133 cm³/mol. The van der Waals surface area contributed by atoms with Crippen molar-refractivity contribution in [2.75, 3.05) is 5.32 Å². The molecule has 0 atom stereocenters. The first kappa shape index (κ1) is 23.0. The molecule has 0 fully saturated rings. The van der Waals surface area contributed by atoms with Gasteiger partial charge in [-0.2, -0.15) is 5.26 Å². The van der Waals surface area contributed by atoms with Crippen molar-refractivity contribution in [3.05, 3.63) is 93.8 Å². The van der Waals surface area contributed by atoms with Gasteiger partial charge in [0.15, 0.2) is 5.01 Å². The van der Waals surface area contributed by atoms with Crippen LogP contribution < -0.4 is 10.1 Å². The molecule has 0 bridgehead atoms. The number of amides is 1. The van der Waals surface area contributed by atoms with Crippen molar-refractivity contribution in [1.29, 1.82) is 5.26 Å². The van der Waals surface area contributed by atoms with E-state index in [2.05, 4.69) is 28.5 Å². The number of nitriles is 1. The molecule has 0 aliphatic heterocycles. The summed E-state index contributed by atoms with van der Waals surface area (Å²) in [4.78, 5) is 12.7. The first-order valence-corrected chi connectivity index (χ1v) is 11.4. The second-order valence-corrected chi connectivity index (χ2v) is 8.81. The quantitative estimate of drug-likeness (QED) is 0.290. The molecule has 0 radical (unpaired) electrons. The molecule has 0 saturated heterocycles.